The fourth-order valence-corrected chi connectivity index (χ4v) is 4.61. The van der Waals surface area contributed by atoms with E-state index in [1.807, 2.05) is 23.6 Å². The number of nitrogens with zero attached hydrogens (tertiary/aromatic N) is 3. The zero-order valence-electron chi connectivity index (χ0n) is 14.1. The van der Waals surface area contributed by atoms with Crippen molar-refractivity contribution >= 4 is 33.0 Å². The second-order valence-electron chi connectivity index (χ2n) is 5.95. The van der Waals surface area contributed by atoms with Crippen LogP contribution in [-0.2, 0) is 13.7 Å². The van der Waals surface area contributed by atoms with Crippen LogP contribution in [0.2, 0.25) is 0 Å². The van der Waals surface area contributed by atoms with Crippen molar-refractivity contribution in [2.75, 3.05) is 0 Å². The Kier molecular flexibility index (Phi) is 4.10. The lowest BCUT2D eigenvalue weighted by Gasteiger charge is -2.09. The molecule has 4 aromatic rings. The van der Waals surface area contributed by atoms with Gasteiger partial charge in [-0.15, -0.1) is 11.3 Å². The standard InChI is InChI=1S/C18H15N3O3S2/c1-10-7-15(23)21(18(24)20(10)2)12-3-4-14-13(8-12)16(19-26-14)17-11(9-22)5-6-25-17/h3-8,22H,9H2,1-2H3. The van der Waals surface area contributed by atoms with Crippen molar-refractivity contribution in [2.24, 2.45) is 7.05 Å². The van der Waals surface area contributed by atoms with Crippen molar-refractivity contribution in [1.82, 2.24) is 13.5 Å². The van der Waals surface area contributed by atoms with Gasteiger partial charge in [-0.05, 0) is 53.7 Å². The van der Waals surface area contributed by atoms with Crippen LogP contribution in [0.3, 0.4) is 0 Å². The predicted octanol–water partition coefficient (Wildman–Crippen LogP) is 2.68. The van der Waals surface area contributed by atoms with Gasteiger partial charge in [0.05, 0.1) is 21.9 Å². The number of hydrogen-bond donors (Lipinski definition) is 1. The van der Waals surface area contributed by atoms with Crippen molar-refractivity contribution in [3.8, 4) is 16.3 Å². The molecule has 4 rings (SSSR count). The summed E-state index contributed by atoms with van der Waals surface area (Å²) in [6.07, 6.45) is 0. The number of aromatic nitrogens is 3. The molecule has 0 aliphatic heterocycles. The van der Waals surface area contributed by atoms with Gasteiger partial charge >= 0.3 is 5.69 Å². The van der Waals surface area contributed by atoms with Gasteiger partial charge in [0, 0.05) is 24.2 Å². The number of aryl methyl sites for hydroxylation is 1. The molecule has 26 heavy (non-hydrogen) atoms. The van der Waals surface area contributed by atoms with Crippen molar-refractivity contribution in [3.63, 3.8) is 0 Å². The first-order valence-corrected chi connectivity index (χ1v) is 9.53. The van der Waals surface area contributed by atoms with Gasteiger partial charge in [-0.3, -0.25) is 4.79 Å². The second-order valence-corrected chi connectivity index (χ2v) is 7.67. The second kappa shape index (κ2) is 6.31. The number of thiophene rings is 1. The van der Waals surface area contributed by atoms with Crippen molar-refractivity contribution in [2.45, 2.75) is 13.5 Å². The number of rotatable bonds is 3. The SMILES string of the molecule is Cc1cc(=O)n(-c2ccc3snc(-c4sccc4CO)c3c2)c(=O)n1C. The van der Waals surface area contributed by atoms with E-state index in [0.29, 0.717) is 11.4 Å². The van der Waals surface area contributed by atoms with Crippen LogP contribution in [0.15, 0.2) is 45.3 Å². The molecule has 1 N–H and O–H groups in total. The Morgan fingerprint density at radius 3 is 2.77 bits per heavy atom. The Morgan fingerprint density at radius 2 is 2.00 bits per heavy atom. The highest BCUT2D eigenvalue weighted by Crippen LogP contribution is 2.36. The third-order valence-corrected chi connectivity index (χ3v) is 6.19. The molecule has 0 atom stereocenters. The van der Waals surface area contributed by atoms with Crippen LogP contribution in [0.25, 0.3) is 26.3 Å². The summed E-state index contributed by atoms with van der Waals surface area (Å²) in [6.45, 7) is 1.67. The largest absolute Gasteiger partial charge is 0.392 e. The minimum Gasteiger partial charge on any atom is -0.392 e. The molecule has 0 fully saturated rings. The van der Waals surface area contributed by atoms with Crippen LogP contribution in [0.5, 0.6) is 0 Å². The summed E-state index contributed by atoms with van der Waals surface area (Å²) < 4.78 is 8.09. The molecule has 0 spiro atoms. The molecule has 0 unspecified atom stereocenters. The highest BCUT2D eigenvalue weighted by Gasteiger charge is 2.16. The normalized spacial score (nSPS) is 11.3. The number of hydrogen-bond acceptors (Lipinski definition) is 6. The van der Waals surface area contributed by atoms with Gasteiger partial charge in [-0.2, -0.15) is 4.37 Å². The molecule has 0 aliphatic carbocycles. The maximum absolute atomic E-state index is 12.6. The Morgan fingerprint density at radius 1 is 1.19 bits per heavy atom. The summed E-state index contributed by atoms with van der Waals surface area (Å²) in [5.74, 6) is 0. The summed E-state index contributed by atoms with van der Waals surface area (Å²) in [7, 11) is 1.64. The molecule has 1 aromatic carbocycles. The van der Waals surface area contributed by atoms with E-state index in [2.05, 4.69) is 4.37 Å². The lowest BCUT2D eigenvalue weighted by molar-refractivity contribution is 0.283. The van der Waals surface area contributed by atoms with Crippen LogP contribution in [0, 0.1) is 6.92 Å². The van der Waals surface area contributed by atoms with E-state index in [1.165, 1.54) is 33.5 Å². The summed E-state index contributed by atoms with van der Waals surface area (Å²) in [6, 6.07) is 8.75. The third-order valence-electron chi connectivity index (χ3n) is 4.40. The third kappa shape index (κ3) is 2.54. The van der Waals surface area contributed by atoms with Crippen LogP contribution < -0.4 is 11.2 Å². The Hall–Kier alpha value is -2.55. The van der Waals surface area contributed by atoms with E-state index in [0.717, 1.165) is 30.8 Å². The first-order valence-electron chi connectivity index (χ1n) is 7.88. The van der Waals surface area contributed by atoms with Gasteiger partial charge in [-0.1, -0.05) is 0 Å². The fraction of sp³-hybridized carbons (Fsp3) is 0.167. The topological polar surface area (TPSA) is 77.1 Å². The van der Waals surface area contributed by atoms with E-state index in [1.54, 1.807) is 20.0 Å². The van der Waals surface area contributed by atoms with Gasteiger partial charge in [0.15, 0.2) is 0 Å². The summed E-state index contributed by atoms with van der Waals surface area (Å²) >= 11 is 2.86. The monoisotopic (exact) mass is 385 g/mol. The maximum Gasteiger partial charge on any atom is 0.335 e. The highest BCUT2D eigenvalue weighted by molar-refractivity contribution is 7.16. The molecule has 0 amide bonds. The number of fused-ring (bicyclic) bond motifs is 1. The predicted molar refractivity (Wildman–Crippen MR) is 104 cm³/mol. The molecule has 0 saturated carbocycles. The lowest BCUT2D eigenvalue weighted by Crippen LogP contribution is -2.38. The minimum absolute atomic E-state index is 0.0600. The Balaban J connectivity index is 1.98. The molecule has 0 radical (unpaired) electrons. The average Bonchev–Trinajstić information content (AvgIpc) is 3.25. The van der Waals surface area contributed by atoms with E-state index in [-0.39, 0.29) is 17.9 Å². The van der Waals surface area contributed by atoms with Gasteiger partial charge in [0.2, 0.25) is 0 Å². The minimum atomic E-state index is -0.383. The smallest absolute Gasteiger partial charge is 0.335 e. The van der Waals surface area contributed by atoms with E-state index < -0.39 is 0 Å². The van der Waals surface area contributed by atoms with E-state index in [9.17, 15) is 14.7 Å². The molecule has 3 heterocycles. The summed E-state index contributed by atoms with van der Waals surface area (Å²) in [5.41, 5.74) is 1.96. The zero-order valence-corrected chi connectivity index (χ0v) is 15.7. The van der Waals surface area contributed by atoms with E-state index >= 15 is 0 Å². The number of aliphatic hydroxyl groups excluding tert-OH is 1. The molecule has 8 heteroatoms. The molecular formula is C18H15N3O3S2. The molecule has 0 aliphatic rings. The number of aliphatic hydroxyl groups is 1. The van der Waals surface area contributed by atoms with Crippen LogP contribution in [0.1, 0.15) is 11.3 Å². The highest BCUT2D eigenvalue weighted by atomic mass is 32.1. The Bertz CT molecular complexity index is 1250. The molecule has 0 bridgehead atoms. The van der Waals surface area contributed by atoms with Gasteiger partial charge in [-0.25, -0.2) is 9.36 Å². The van der Waals surface area contributed by atoms with Crippen LogP contribution >= 0.6 is 22.9 Å². The van der Waals surface area contributed by atoms with Crippen molar-refractivity contribution in [1.29, 1.82) is 0 Å². The summed E-state index contributed by atoms with van der Waals surface area (Å²) in [5, 5.41) is 12.3. The van der Waals surface area contributed by atoms with Crippen molar-refractivity contribution < 1.29 is 5.11 Å². The molecule has 132 valence electrons. The lowest BCUT2D eigenvalue weighted by atomic mass is 10.1. The maximum atomic E-state index is 12.6. The first-order chi connectivity index (χ1) is 12.5. The molecule has 0 saturated heterocycles. The molecule has 6 nitrogen and oxygen atoms in total. The Labute approximate surface area is 156 Å². The average molecular weight is 385 g/mol. The van der Waals surface area contributed by atoms with E-state index in [4.69, 9.17) is 0 Å². The van der Waals surface area contributed by atoms with Gasteiger partial charge in [0.25, 0.3) is 5.56 Å². The first kappa shape index (κ1) is 16.9. The van der Waals surface area contributed by atoms with Crippen LogP contribution in [-0.4, -0.2) is 18.6 Å². The molecular weight excluding hydrogens is 370 g/mol. The summed E-state index contributed by atoms with van der Waals surface area (Å²) in [4.78, 5) is 25.9. The van der Waals surface area contributed by atoms with Gasteiger partial charge in [0.1, 0.15) is 5.69 Å². The van der Waals surface area contributed by atoms with Crippen LogP contribution in [0.4, 0.5) is 0 Å². The molecule has 3 aromatic heterocycles. The zero-order chi connectivity index (χ0) is 18.4. The van der Waals surface area contributed by atoms with Gasteiger partial charge < -0.3 is 9.67 Å². The number of benzene rings is 1. The van der Waals surface area contributed by atoms with Crippen molar-refractivity contribution in [3.05, 3.63) is 67.8 Å². The fourth-order valence-electron chi connectivity index (χ4n) is 2.87. The quantitative estimate of drug-likeness (QED) is 0.588.